The first-order chi connectivity index (χ1) is 16.5. The molecule has 4 aromatic rings. The van der Waals surface area contributed by atoms with Crippen molar-refractivity contribution in [2.75, 3.05) is 6.61 Å². The van der Waals surface area contributed by atoms with Crippen LogP contribution in [0.2, 0.25) is 0 Å². The van der Waals surface area contributed by atoms with Gasteiger partial charge >= 0.3 is 0 Å². The maximum atomic E-state index is 13.9. The number of hydrogen-bond donors (Lipinski definition) is 0. The third kappa shape index (κ3) is 5.49. The van der Waals surface area contributed by atoms with Gasteiger partial charge < -0.3 is 9.47 Å². The number of Topliss-reactive ketones (excluding diaryl/α,β-unsaturated/α-hetero) is 1. The molecule has 0 aliphatic carbocycles. The zero-order valence-electron chi connectivity index (χ0n) is 18.7. The summed E-state index contributed by atoms with van der Waals surface area (Å²) >= 11 is 0. The van der Waals surface area contributed by atoms with Gasteiger partial charge in [0.05, 0.1) is 13.2 Å². The summed E-state index contributed by atoms with van der Waals surface area (Å²) in [6, 6.07) is 20.4. The van der Waals surface area contributed by atoms with Crippen LogP contribution >= 0.6 is 0 Å². The molecule has 34 heavy (non-hydrogen) atoms. The highest BCUT2D eigenvalue weighted by Gasteiger charge is 2.17. The number of rotatable bonds is 10. The Hall–Kier alpha value is -4.00. The Kier molecular flexibility index (Phi) is 7.32. The molecule has 0 fully saturated rings. The van der Waals surface area contributed by atoms with E-state index in [0.717, 1.165) is 29.0 Å². The summed E-state index contributed by atoms with van der Waals surface area (Å²) < 4.78 is 41.1. The molecular weight excluding hydrogens is 438 g/mol. The van der Waals surface area contributed by atoms with Crippen LogP contribution in [0.5, 0.6) is 11.5 Å². The Balaban J connectivity index is 1.45. The third-order valence-electron chi connectivity index (χ3n) is 5.29. The van der Waals surface area contributed by atoms with E-state index in [0.29, 0.717) is 25.5 Å². The van der Waals surface area contributed by atoms with Gasteiger partial charge in [-0.1, -0.05) is 42.5 Å². The molecule has 0 aliphatic heterocycles. The molecule has 0 saturated carbocycles. The molecule has 4 rings (SSSR count). The summed E-state index contributed by atoms with van der Waals surface area (Å²) in [5.74, 6) is -0.482. The van der Waals surface area contributed by atoms with Crippen molar-refractivity contribution in [3.63, 3.8) is 0 Å². The van der Waals surface area contributed by atoms with Crippen molar-refractivity contribution >= 4 is 5.78 Å². The number of ether oxygens (including phenoxy) is 2. The van der Waals surface area contributed by atoms with E-state index in [4.69, 9.17) is 9.47 Å². The second-order valence-electron chi connectivity index (χ2n) is 7.64. The number of carbonyl (C=O) groups excluding carboxylic acids is 1. The number of hydrogen-bond acceptors (Lipinski definition) is 4. The van der Waals surface area contributed by atoms with Gasteiger partial charge in [0.2, 0.25) is 0 Å². The predicted octanol–water partition coefficient (Wildman–Crippen LogP) is 5.61. The first-order valence-corrected chi connectivity index (χ1v) is 11.0. The maximum absolute atomic E-state index is 13.9. The molecule has 0 bridgehead atoms. The average Bonchev–Trinajstić information content (AvgIpc) is 3.31. The highest BCUT2D eigenvalue weighted by atomic mass is 19.1. The molecule has 0 atom stereocenters. The van der Waals surface area contributed by atoms with Gasteiger partial charge in [0.1, 0.15) is 35.4 Å². The molecule has 0 aliphatic rings. The molecule has 0 N–H and O–H groups in total. The molecule has 0 radical (unpaired) electrons. The Morgan fingerprint density at radius 1 is 0.853 bits per heavy atom. The van der Waals surface area contributed by atoms with Crippen LogP contribution in [0, 0.1) is 11.6 Å². The Labute approximate surface area is 196 Å². The lowest BCUT2D eigenvalue weighted by atomic mass is 10.1. The fraction of sp³-hybridized carbons (Fsp3) is 0.185. The van der Waals surface area contributed by atoms with Gasteiger partial charge in [-0.25, -0.2) is 8.78 Å². The lowest BCUT2D eigenvalue weighted by Gasteiger charge is -2.14. The minimum Gasteiger partial charge on any atom is -0.493 e. The average molecular weight is 462 g/mol. The first kappa shape index (κ1) is 23.2. The van der Waals surface area contributed by atoms with Crippen LogP contribution in [0.3, 0.4) is 0 Å². The second-order valence-corrected chi connectivity index (χ2v) is 7.64. The topological polar surface area (TPSA) is 53.4 Å². The Bertz CT molecular complexity index is 1270. The van der Waals surface area contributed by atoms with E-state index in [1.807, 2.05) is 55.5 Å². The normalized spacial score (nSPS) is 10.8. The van der Waals surface area contributed by atoms with Crippen LogP contribution < -0.4 is 9.47 Å². The van der Waals surface area contributed by atoms with E-state index in [2.05, 4.69) is 5.10 Å². The van der Waals surface area contributed by atoms with Crippen molar-refractivity contribution in [3.8, 4) is 11.5 Å². The van der Waals surface area contributed by atoms with Crippen molar-refractivity contribution in [2.24, 2.45) is 0 Å². The zero-order valence-corrected chi connectivity index (χ0v) is 18.7. The molecule has 0 unspecified atom stereocenters. The van der Waals surface area contributed by atoms with Crippen LogP contribution in [-0.2, 0) is 19.6 Å². The molecule has 0 saturated heterocycles. The van der Waals surface area contributed by atoms with Gasteiger partial charge in [0.15, 0.2) is 5.78 Å². The smallest absolute Gasteiger partial charge is 0.187 e. The molecule has 0 spiro atoms. The van der Waals surface area contributed by atoms with Crippen molar-refractivity contribution in [2.45, 2.75) is 26.5 Å². The number of carbonyl (C=O) groups is 1. The minimum absolute atomic E-state index is 0.145. The quantitative estimate of drug-likeness (QED) is 0.287. The summed E-state index contributed by atoms with van der Waals surface area (Å²) in [5.41, 5.74) is 1.70. The summed E-state index contributed by atoms with van der Waals surface area (Å²) in [4.78, 5) is 12.6. The van der Waals surface area contributed by atoms with Gasteiger partial charge in [0.25, 0.3) is 0 Å². The zero-order chi connectivity index (χ0) is 23.9. The van der Waals surface area contributed by atoms with E-state index in [1.54, 1.807) is 16.9 Å². The summed E-state index contributed by atoms with van der Waals surface area (Å²) in [7, 11) is 0. The highest BCUT2D eigenvalue weighted by Crippen LogP contribution is 2.24. The number of nitrogens with zero attached hydrogens (tertiary/aromatic N) is 2. The van der Waals surface area contributed by atoms with E-state index >= 15 is 0 Å². The lowest BCUT2D eigenvalue weighted by Crippen LogP contribution is -2.10. The van der Waals surface area contributed by atoms with Gasteiger partial charge in [-0.2, -0.15) is 5.10 Å². The summed E-state index contributed by atoms with van der Waals surface area (Å²) in [6.07, 6.45) is 1.26. The summed E-state index contributed by atoms with van der Waals surface area (Å²) in [5, 5.41) is 4.31. The molecule has 1 aromatic heterocycles. The predicted molar refractivity (Wildman–Crippen MR) is 124 cm³/mol. The number of aromatic nitrogens is 2. The molecule has 7 heteroatoms. The highest BCUT2D eigenvalue weighted by molar-refractivity contribution is 5.95. The van der Waals surface area contributed by atoms with Crippen LogP contribution in [0.4, 0.5) is 8.78 Å². The molecule has 174 valence electrons. The van der Waals surface area contributed by atoms with Gasteiger partial charge in [-0.3, -0.25) is 9.48 Å². The standard InChI is InChI=1S/C27H24F2N2O3/c1-2-33-27-13-6-4-9-20(27)18-34-26-12-5-3-8-19(26)17-31-15-14-24(30-31)25(32)16-21-22(28)10-7-11-23(21)29/h3-15H,2,16-18H2,1H3. The second kappa shape index (κ2) is 10.7. The van der Waals surface area contributed by atoms with Crippen molar-refractivity contribution in [3.05, 3.63) is 113 Å². The maximum Gasteiger partial charge on any atom is 0.187 e. The van der Waals surface area contributed by atoms with E-state index in [9.17, 15) is 13.6 Å². The van der Waals surface area contributed by atoms with Crippen LogP contribution in [0.1, 0.15) is 34.1 Å². The fourth-order valence-corrected chi connectivity index (χ4v) is 3.58. The molecule has 1 heterocycles. The van der Waals surface area contributed by atoms with Crippen LogP contribution in [-0.4, -0.2) is 22.2 Å². The lowest BCUT2D eigenvalue weighted by molar-refractivity contribution is 0.0985. The van der Waals surface area contributed by atoms with Gasteiger partial charge in [-0.15, -0.1) is 0 Å². The van der Waals surface area contributed by atoms with Crippen molar-refractivity contribution < 1.29 is 23.0 Å². The van der Waals surface area contributed by atoms with E-state index < -0.39 is 23.8 Å². The third-order valence-corrected chi connectivity index (χ3v) is 5.29. The SMILES string of the molecule is CCOc1ccccc1COc1ccccc1Cn1ccc(C(=O)Cc2c(F)cccc2F)n1. The van der Waals surface area contributed by atoms with E-state index in [1.165, 1.54) is 6.07 Å². The number of ketones is 1. The molecule has 3 aromatic carbocycles. The van der Waals surface area contributed by atoms with Crippen LogP contribution in [0.25, 0.3) is 0 Å². The number of halogens is 2. The largest absolute Gasteiger partial charge is 0.493 e. The summed E-state index contributed by atoms with van der Waals surface area (Å²) in [6.45, 7) is 3.20. The fourth-order valence-electron chi connectivity index (χ4n) is 3.58. The Morgan fingerprint density at radius 3 is 2.21 bits per heavy atom. The number of benzene rings is 3. The minimum atomic E-state index is -0.746. The van der Waals surface area contributed by atoms with Gasteiger partial charge in [-0.05, 0) is 37.3 Å². The first-order valence-electron chi connectivity index (χ1n) is 11.0. The monoisotopic (exact) mass is 462 g/mol. The molecule has 5 nitrogen and oxygen atoms in total. The molecule has 0 amide bonds. The van der Waals surface area contributed by atoms with Crippen molar-refractivity contribution in [1.29, 1.82) is 0 Å². The van der Waals surface area contributed by atoms with Gasteiger partial charge in [0, 0.05) is 29.3 Å². The number of para-hydroxylation sites is 2. The Morgan fingerprint density at radius 2 is 1.50 bits per heavy atom. The molecular formula is C27H24F2N2O3. The van der Waals surface area contributed by atoms with Crippen molar-refractivity contribution in [1.82, 2.24) is 9.78 Å². The van der Waals surface area contributed by atoms with Crippen LogP contribution in [0.15, 0.2) is 79.0 Å². The van der Waals surface area contributed by atoms with E-state index in [-0.39, 0.29) is 11.3 Å².